The molecule has 20 heavy (non-hydrogen) atoms. The molecule has 1 aliphatic heterocycles. The number of nitrogens with one attached hydrogen (secondary N) is 2. The summed E-state index contributed by atoms with van der Waals surface area (Å²) in [5.74, 6) is -0.548. The zero-order valence-electron chi connectivity index (χ0n) is 11.1. The largest absolute Gasteiger partial charge is 0.378 e. The van der Waals surface area contributed by atoms with Gasteiger partial charge in [-0.15, -0.1) is 0 Å². The number of hydrogen-bond donors (Lipinski definition) is 2. The fourth-order valence-electron chi connectivity index (χ4n) is 2.25. The van der Waals surface area contributed by atoms with Crippen molar-refractivity contribution in [3.63, 3.8) is 0 Å². The number of carbonyl (C=O) groups excluding carboxylic acids is 1. The molecule has 9 heteroatoms. The summed E-state index contributed by atoms with van der Waals surface area (Å²) in [6.45, 7) is 3.98. The maximum atomic E-state index is 12.1. The molecule has 1 fully saturated rings. The molecule has 2 unspecified atom stereocenters. The van der Waals surface area contributed by atoms with Gasteiger partial charge in [0.1, 0.15) is 4.90 Å². The van der Waals surface area contributed by atoms with E-state index in [1.807, 2.05) is 6.92 Å². The maximum absolute atomic E-state index is 12.1. The molecule has 2 N–H and O–H groups in total. The van der Waals surface area contributed by atoms with Gasteiger partial charge in [-0.3, -0.25) is 9.89 Å². The highest BCUT2D eigenvalue weighted by Gasteiger charge is 2.29. The van der Waals surface area contributed by atoms with Crippen molar-refractivity contribution in [2.75, 3.05) is 6.61 Å². The van der Waals surface area contributed by atoms with Gasteiger partial charge in [0.2, 0.25) is 0 Å². The lowest BCUT2D eigenvalue weighted by Crippen LogP contribution is -2.41. The van der Waals surface area contributed by atoms with Crippen molar-refractivity contribution < 1.29 is 17.9 Å². The number of H-pyrrole nitrogens is 1. The Morgan fingerprint density at radius 1 is 1.55 bits per heavy atom. The molecule has 0 spiro atoms. The van der Waals surface area contributed by atoms with Crippen molar-refractivity contribution in [3.05, 3.63) is 11.4 Å². The molecule has 0 aliphatic carbocycles. The van der Waals surface area contributed by atoms with Gasteiger partial charge < -0.3 is 10.1 Å². The summed E-state index contributed by atoms with van der Waals surface area (Å²) < 4.78 is 28.4. The minimum atomic E-state index is -4.02. The van der Waals surface area contributed by atoms with Crippen molar-refractivity contribution in [1.29, 1.82) is 0 Å². The van der Waals surface area contributed by atoms with Gasteiger partial charge in [-0.05, 0) is 26.7 Å². The third-order valence-corrected chi connectivity index (χ3v) is 4.62. The van der Waals surface area contributed by atoms with Crippen molar-refractivity contribution in [2.24, 2.45) is 0 Å². The number of aryl methyl sites for hydroxylation is 1. The summed E-state index contributed by atoms with van der Waals surface area (Å²) in [5, 5.41) is 8.97. The molecule has 7 nitrogen and oxygen atoms in total. The molecule has 112 valence electrons. The predicted molar refractivity (Wildman–Crippen MR) is 72.3 cm³/mol. The molecule has 2 rings (SSSR count). The van der Waals surface area contributed by atoms with Crippen LogP contribution in [0, 0.1) is 6.92 Å². The molecule has 0 radical (unpaired) electrons. The number of carbonyl (C=O) groups is 1. The van der Waals surface area contributed by atoms with E-state index in [-0.39, 0.29) is 28.4 Å². The normalized spacial score (nSPS) is 23.6. The van der Waals surface area contributed by atoms with Gasteiger partial charge >= 0.3 is 0 Å². The quantitative estimate of drug-likeness (QED) is 0.807. The lowest BCUT2D eigenvalue weighted by atomic mass is 10.0. The Labute approximate surface area is 121 Å². The fourth-order valence-corrected chi connectivity index (χ4v) is 3.60. The summed E-state index contributed by atoms with van der Waals surface area (Å²) in [5.41, 5.74) is 0.0436. The Hall–Kier alpha value is -1.12. The smallest absolute Gasteiger partial charge is 0.273 e. The van der Waals surface area contributed by atoms with Gasteiger partial charge in [0, 0.05) is 23.3 Å². The van der Waals surface area contributed by atoms with Gasteiger partial charge in [-0.1, -0.05) is 0 Å². The minimum absolute atomic E-state index is 0.0610. The first-order valence-electron chi connectivity index (χ1n) is 6.21. The summed E-state index contributed by atoms with van der Waals surface area (Å²) in [4.78, 5) is 11.9. The monoisotopic (exact) mass is 321 g/mol. The zero-order valence-corrected chi connectivity index (χ0v) is 12.7. The van der Waals surface area contributed by atoms with Crippen LogP contribution in [0.3, 0.4) is 0 Å². The van der Waals surface area contributed by atoms with Crippen LogP contribution in [-0.2, 0) is 13.8 Å². The molecular weight excluding hydrogens is 306 g/mol. The number of ether oxygens (including phenoxy) is 1. The first kappa shape index (κ1) is 15.3. The number of amides is 1. The van der Waals surface area contributed by atoms with Crippen molar-refractivity contribution in [3.8, 4) is 0 Å². The number of halogens is 1. The average molecular weight is 322 g/mol. The van der Waals surface area contributed by atoms with Crippen molar-refractivity contribution >= 4 is 25.6 Å². The van der Waals surface area contributed by atoms with E-state index in [2.05, 4.69) is 15.5 Å². The number of aromatic nitrogens is 2. The number of nitrogens with zero attached hydrogens (tertiary/aromatic N) is 1. The average Bonchev–Trinajstić information content (AvgIpc) is 2.71. The van der Waals surface area contributed by atoms with Gasteiger partial charge in [0.05, 0.1) is 11.8 Å². The highest BCUT2D eigenvalue weighted by atomic mass is 35.7. The van der Waals surface area contributed by atoms with Crippen LogP contribution in [0.15, 0.2) is 4.90 Å². The molecule has 0 saturated carbocycles. The Morgan fingerprint density at radius 2 is 2.25 bits per heavy atom. The van der Waals surface area contributed by atoms with Crippen molar-refractivity contribution in [2.45, 2.75) is 43.7 Å². The lowest BCUT2D eigenvalue weighted by Gasteiger charge is -2.27. The van der Waals surface area contributed by atoms with Crippen LogP contribution < -0.4 is 5.32 Å². The van der Waals surface area contributed by atoms with E-state index in [0.717, 1.165) is 0 Å². The van der Waals surface area contributed by atoms with E-state index in [0.29, 0.717) is 19.4 Å². The highest BCUT2D eigenvalue weighted by molar-refractivity contribution is 8.13. The molecule has 1 aromatic heterocycles. The Morgan fingerprint density at radius 3 is 2.85 bits per heavy atom. The second kappa shape index (κ2) is 5.71. The van der Waals surface area contributed by atoms with Gasteiger partial charge in [0.15, 0.2) is 5.69 Å². The van der Waals surface area contributed by atoms with Crippen LogP contribution in [0.1, 0.15) is 35.9 Å². The van der Waals surface area contributed by atoms with E-state index in [1.54, 1.807) is 0 Å². The summed E-state index contributed by atoms with van der Waals surface area (Å²) in [6.07, 6.45) is 1.42. The zero-order chi connectivity index (χ0) is 14.9. The molecule has 2 atom stereocenters. The number of hydrogen-bond acceptors (Lipinski definition) is 5. The summed E-state index contributed by atoms with van der Waals surface area (Å²) in [7, 11) is 1.31. The van der Waals surface area contributed by atoms with E-state index in [4.69, 9.17) is 15.4 Å². The highest BCUT2D eigenvalue weighted by Crippen LogP contribution is 2.22. The number of rotatable bonds is 3. The number of aromatic amines is 1. The summed E-state index contributed by atoms with van der Waals surface area (Å²) in [6, 6.07) is -0.0610. The van der Waals surface area contributed by atoms with Gasteiger partial charge in [-0.2, -0.15) is 5.10 Å². The second-order valence-electron chi connectivity index (χ2n) is 4.84. The Balaban J connectivity index is 2.18. The van der Waals surface area contributed by atoms with Crippen LogP contribution in [0.2, 0.25) is 0 Å². The van der Waals surface area contributed by atoms with Crippen LogP contribution in [-0.4, -0.2) is 43.3 Å². The first-order chi connectivity index (χ1) is 9.29. The molecule has 1 aliphatic rings. The molecule has 1 amide bonds. The SMILES string of the molecule is Cc1[nH]nc(C(=O)NC2CCOC(C)C2)c1S(=O)(=O)Cl. The van der Waals surface area contributed by atoms with Gasteiger partial charge in [-0.25, -0.2) is 8.42 Å². The molecule has 0 aromatic carbocycles. The standard InChI is InChI=1S/C11H16ClN3O4S/c1-6-5-8(3-4-19-6)13-11(16)9-10(20(12,17)18)7(2)14-15-9/h6,8H,3-5H2,1-2H3,(H,13,16)(H,14,15). The second-order valence-corrected chi connectivity index (χ2v) is 7.34. The minimum Gasteiger partial charge on any atom is -0.378 e. The van der Waals surface area contributed by atoms with E-state index >= 15 is 0 Å². The fraction of sp³-hybridized carbons (Fsp3) is 0.636. The van der Waals surface area contributed by atoms with Crippen LogP contribution >= 0.6 is 10.7 Å². The molecular formula is C11H16ClN3O4S. The molecule has 1 saturated heterocycles. The van der Waals surface area contributed by atoms with Crippen molar-refractivity contribution in [1.82, 2.24) is 15.5 Å². The third-order valence-electron chi connectivity index (χ3n) is 3.17. The summed E-state index contributed by atoms with van der Waals surface area (Å²) >= 11 is 0. The predicted octanol–water partition coefficient (Wildman–Crippen LogP) is 0.943. The third kappa shape index (κ3) is 3.31. The van der Waals surface area contributed by atoms with Crippen LogP contribution in [0.5, 0.6) is 0 Å². The Bertz CT molecular complexity index is 613. The van der Waals surface area contributed by atoms with E-state index in [9.17, 15) is 13.2 Å². The maximum Gasteiger partial charge on any atom is 0.273 e. The first-order valence-corrected chi connectivity index (χ1v) is 8.52. The molecule has 0 bridgehead atoms. The topological polar surface area (TPSA) is 101 Å². The lowest BCUT2D eigenvalue weighted by molar-refractivity contribution is 0.0136. The van der Waals surface area contributed by atoms with Crippen LogP contribution in [0.4, 0.5) is 0 Å². The molecule has 2 heterocycles. The Kier molecular flexibility index (Phi) is 4.36. The van der Waals surface area contributed by atoms with Crippen LogP contribution in [0.25, 0.3) is 0 Å². The van der Waals surface area contributed by atoms with E-state index in [1.165, 1.54) is 6.92 Å². The molecule has 1 aromatic rings. The van der Waals surface area contributed by atoms with E-state index < -0.39 is 15.0 Å². The van der Waals surface area contributed by atoms with Gasteiger partial charge in [0.25, 0.3) is 15.0 Å².